The zero-order valence-corrected chi connectivity index (χ0v) is 11.8. The molecule has 0 saturated heterocycles. The third-order valence-electron chi connectivity index (χ3n) is 3.87. The maximum absolute atomic E-state index is 8.99. The van der Waals surface area contributed by atoms with Crippen LogP contribution in [-0.2, 0) is 0 Å². The fraction of sp³-hybridized carbons (Fsp3) is 0. The molecular formula is C20H12N2. The van der Waals surface area contributed by atoms with Gasteiger partial charge in [0.05, 0.1) is 23.0 Å². The van der Waals surface area contributed by atoms with Crippen LogP contribution in [0, 0.1) is 11.3 Å². The van der Waals surface area contributed by atoms with E-state index in [2.05, 4.69) is 41.4 Å². The molecule has 0 N–H and O–H groups in total. The number of hydrogen-bond donors (Lipinski definition) is 0. The van der Waals surface area contributed by atoms with Crippen LogP contribution in [0.1, 0.15) is 16.7 Å². The Labute approximate surface area is 129 Å². The number of hydrogen-bond acceptors (Lipinski definition) is 2. The molecule has 1 aliphatic rings. The van der Waals surface area contributed by atoms with Gasteiger partial charge in [-0.3, -0.25) is 0 Å². The largest absolute Gasteiger partial charge is 0.247 e. The number of aliphatic imine (C=N–C) groups is 1. The van der Waals surface area contributed by atoms with Gasteiger partial charge >= 0.3 is 0 Å². The van der Waals surface area contributed by atoms with Gasteiger partial charge in [-0.25, -0.2) is 4.99 Å². The number of fused-ring (bicyclic) bond motifs is 1. The van der Waals surface area contributed by atoms with Crippen LogP contribution in [0.2, 0.25) is 0 Å². The highest BCUT2D eigenvalue weighted by molar-refractivity contribution is 6.22. The lowest BCUT2D eigenvalue weighted by Crippen LogP contribution is -2.10. The summed E-state index contributed by atoms with van der Waals surface area (Å²) in [7, 11) is 0. The van der Waals surface area contributed by atoms with Crippen molar-refractivity contribution in [2.24, 2.45) is 4.99 Å². The van der Waals surface area contributed by atoms with Crippen LogP contribution >= 0.6 is 0 Å². The molecule has 4 rings (SSSR count). The molecule has 3 aromatic carbocycles. The molecule has 0 aromatic heterocycles. The summed E-state index contributed by atoms with van der Waals surface area (Å²) >= 11 is 0. The van der Waals surface area contributed by atoms with Crippen molar-refractivity contribution in [1.29, 1.82) is 5.26 Å². The number of para-hydroxylation sites is 1. The van der Waals surface area contributed by atoms with Crippen LogP contribution in [0.4, 0.5) is 5.69 Å². The van der Waals surface area contributed by atoms with Gasteiger partial charge in [-0.05, 0) is 29.3 Å². The highest BCUT2D eigenvalue weighted by Crippen LogP contribution is 2.33. The molecule has 0 saturated carbocycles. The van der Waals surface area contributed by atoms with E-state index < -0.39 is 0 Å². The van der Waals surface area contributed by atoms with E-state index >= 15 is 0 Å². The molecule has 22 heavy (non-hydrogen) atoms. The first-order valence-corrected chi connectivity index (χ1v) is 7.14. The smallest absolute Gasteiger partial charge is 0.0991 e. The van der Waals surface area contributed by atoms with Gasteiger partial charge in [0, 0.05) is 11.1 Å². The Morgan fingerprint density at radius 3 is 2.27 bits per heavy atom. The van der Waals surface area contributed by atoms with E-state index in [1.54, 1.807) is 0 Å². The van der Waals surface area contributed by atoms with Crippen molar-refractivity contribution in [1.82, 2.24) is 0 Å². The Bertz CT molecular complexity index is 928. The number of benzene rings is 3. The van der Waals surface area contributed by atoms with Crippen LogP contribution in [0.3, 0.4) is 0 Å². The van der Waals surface area contributed by atoms with E-state index in [0.29, 0.717) is 5.56 Å². The second-order valence-corrected chi connectivity index (χ2v) is 5.25. The average molecular weight is 280 g/mol. The molecule has 2 nitrogen and oxygen atoms in total. The lowest BCUT2D eigenvalue weighted by atomic mass is 9.94. The average Bonchev–Trinajstić information content (AvgIpc) is 2.57. The molecule has 1 heterocycles. The van der Waals surface area contributed by atoms with E-state index in [4.69, 9.17) is 5.26 Å². The van der Waals surface area contributed by atoms with Gasteiger partial charge in [0.1, 0.15) is 0 Å². The Morgan fingerprint density at radius 2 is 1.50 bits per heavy atom. The second-order valence-electron chi connectivity index (χ2n) is 5.25. The van der Waals surface area contributed by atoms with E-state index in [-0.39, 0.29) is 0 Å². The van der Waals surface area contributed by atoms with E-state index in [9.17, 15) is 0 Å². The van der Waals surface area contributed by atoms with Crippen molar-refractivity contribution < 1.29 is 0 Å². The predicted octanol–water partition coefficient (Wildman–Crippen LogP) is 4.71. The van der Waals surface area contributed by atoms with Gasteiger partial charge in [0.25, 0.3) is 0 Å². The highest BCUT2D eigenvalue weighted by atomic mass is 14.8. The van der Waals surface area contributed by atoms with Crippen molar-refractivity contribution in [3.8, 4) is 17.2 Å². The highest BCUT2D eigenvalue weighted by Gasteiger charge is 2.18. The van der Waals surface area contributed by atoms with Crippen LogP contribution in [0.25, 0.3) is 11.1 Å². The minimum Gasteiger partial charge on any atom is -0.247 e. The Kier molecular flexibility index (Phi) is 2.84. The van der Waals surface area contributed by atoms with Crippen LogP contribution < -0.4 is 0 Å². The first kappa shape index (κ1) is 12.6. The molecule has 0 aliphatic carbocycles. The van der Waals surface area contributed by atoms with Gasteiger partial charge in [-0.2, -0.15) is 5.26 Å². The minimum absolute atomic E-state index is 0.680. The summed E-state index contributed by atoms with van der Waals surface area (Å²) in [5.74, 6) is 0. The molecule has 0 radical (unpaired) electrons. The van der Waals surface area contributed by atoms with E-state index in [1.807, 2.05) is 42.5 Å². The third-order valence-corrected chi connectivity index (χ3v) is 3.87. The number of rotatable bonds is 2. The summed E-state index contributed by atoms with van der Waals surface area (Å²) in [6, 6.07) is 26.3. The van der Waals surface area contributed by atoms with Gasteiger partial charge < -0.3 is 0 Å². The predicted molar refractivity (Wildman–Crippen MR) is 88.3 cm³/mol. The van der Waals surface area contributed by atoms with Crippen LogP contribution in [-0.4, -0.2) is 5.71 Å². The minimum atomic E-state index is 0.680. The lowest BCUT2D eigenvalue weighted by Gasteiger charge is -2.18. The van der Waals surface area contributed by atoms with Crippen molar-refractivity contribution >= 4 is 11.4 Å². The molecule has 0 fully saturated rings. The summed E-state index contributed by atoms with van der Waals surface area (Å²) in [5.41, 5.74) is 7.28. The van der Waals surface area contributed by atoms with Gasteiger partial charge in [0.2, 0.25) is 0 Å². The zero-order chi connectivity index (χ0) is 14.9. The Hall–Kier alpha value is -3.18. The molecule has 2 heteroatoms. The van der Waals surface area contributed by atoms with Crippen LogP contribution in [0.5, 0.6) is 0 Å². The van der Waals surface area contributed by atoms with Crippen molar-refractivity contribution in [3.05, 3.63) is 89.5 Å². The van der Waals surface area contributed by atoms with Crippen molar-refractivity contribution in [2.45, 2.75) is 0 Å². The lowest BCUT2D eigenvalue weighted by molar-refractivity contribution is 1.39. The summed E-state index contributed by atoms with van der Waals surface area (Å²) in [6.45, 7) is 0. The Morgan fingerprint density at radius 1 is 0.727 bits per heavy atom. The molecule has 102 valence electrons. The second kappa shape index (κ2) is 4.98. The maximum atomic E-state index is 8.99. The zero-order valence-electron chi connectivity index (χ0n) is 11.8. The molecule has 0 atom stereocenters. The SMILES string of the molecule is N#Cc1cccc(-c2ccc(C3=Nc4ccccc43)cc2)c1. The first-order chi connectivity index (χ1) is 10.8. The molecule has 1 aliphatic heterocycles. The Balaban J connectivity index is 1.66. The number of nitriles is 1. The monoisotopic (exact) mass is 280 g/mol. The van der Waals surface area contributed by atoms with Gasteiger partial charge in [-0.1, -0.05) is 54.6 Å². The quantitative estimate of drug-likeness (QED) is 0.524. The van der Waals surface area contributed by atoms with Crippen LogP contribution in [0.15, 0.2) is 77.8 Å². The molecule has 0 bridgehead atoms. The summed E-state index contributed by atoms with van der Waals surface area (Å²) in [6.07, 6.45) is 0. The molecular weight excluding hydrogens is 268 g/mol. The summed E-state index contributed by atoms with van der Waals surface area (Å²) in [4.78, 5) is 4.56. The molecule has 0 spiro atoms. The topological polar surface area (TPSA) is 36.1 Å². The fourth-order valence-corrected chi connectivity index (χ4v) is 2.71. The van der Waals surface area contributed by atoms with Gasteiger partial charge in [0.15, 0.2) is 0 Å². The molecule has 3 aromatic rings. The number of nitrogens with zero attached hydrogens (tertiary/aromatic N) is 2. The summed E-state index contributed by atoms with van der Waals surface area (Å²) < 4.78 is 0. The fourth-order valence-electron chi connectivity index (χ4n) is 2.71. The molecule has 0 unspecified atom stereocenters. The third kappa shape index (κ3) is 2.01. The van der Waals surface area contributed by atoms with Crippen molar-refractivity contribution in [3.63, 3.8) is 0 Å². The van der Waals surface area contributed by atoms with Gasteiger partial charge in [-0.15, -0.1) is 0 Å². The van der Waals surface area contributed by atoms with E-state index in [0.717, 1.165) is 28.1 Å². The standard InChI is InChI=1S/C20H12N2/c21-13-14-4-3-5-17(12-14)15-8-10-16(11-9-15)20-18-6-1-2-7-19(18)22-20/h1-12H. The summed E-state index contributed by atoms with van der Waals surface area (Å²) in [5, 5.41) is 8.99. The normalized spacial score (nSPS) is 11.9. The molecule has 0 amide bonds. The van der Waals surface area contributed by atoms with E-state index in [1.165, 1.54) is 5.56 Å². The maximum Gasteiger partial charge on any atom is 0.0991 e. The van der Waals surface area contributed by atoms with Crippen molar-refractivity contribution in [2.75, 3.05) is 0 Å². The first-order valence-electron chi connectivity index (χ1n) is 7.14.